The zero-order valence-electron chi connectivity index (χ0n) is 16.0. The number of nitrogens with zero attached hydrogens (tertiary/aromatic N) is 2. The Labute approximate surface area is 170 Å². The van der Waals surface area contributed by atoms with Crippen LogP contribution in [0, 0.1) is 11.8 Å². The molecule has 1 heterocycles. The highest BCUT2D eigenvalue weighted by Crippen LogP contribution is 2.44. The first-order chi connectivity index (χ1) is 11.8. The van der Waals surface area contributed by atoms with Gasteiger partial charge in [0.15, 0.2) is 5.96 Å². The quantitative estimate of drug-likeness (QED) is 0.361. The molecule has 6 heteroatoms. The smallest absolute Gasteiger partial charge is 0.191 e. The van der Waals surface area contributed by atoms with Crippen LogP contribution in [-0.4, -0.2) is 63.3 Å². The molecule has 0 bridgehead atoms. The van der Waals surface area contributed by atoms with Crippen LogP contribution in [0.1, 0.15) is 51.4 Å². The molecule has 2 atom stereocenters. The Kier molecular flexibility index (Phi) is 9.27. The minimum absolute atomic E-state index is 0. The number of nitrogens with one attached hydrogen (secondary N) is 2. The lowest BCUT2D eigenvalue weighted by Crippen LogP contribution is -2.49. The van der Waals surface area contributed by atoms with Gasteiger partial charge in [-0.2, -0.15) is 0 Å². The third kappa shape index (κ3) is 6.54. The van der Waals surface area contributed by atoms with Crippen molar-refractivity contribution in [1.29, 1.82) is 0 Å². The molecule has 1 saturated heterocycles. The van der Waals surface area contributed by atoms with E-state index in [1.54, 1.807) is 7.11 Å². The Hall–Kier alpha value is -0.0800. The fraction of sp³-hybridized carbons (Fsp3) is 0.947. The predicted molar refractivity (Wildman–Crippen MR) is 115 cm³/mol. The first kappa shape index (κ1) is 21.2. The second-order valence-electron chi connectivity index (χ2n) is 7.87. The molecule has 0 aromatic rings. The van der Waals surface area contributed by atoms with Crippen LogP contribution in [0.3, 0.4) is 0 Å². The fourth-order valence-electron chi connectivity index (χ4n) is 4.52. The van der Waals surface area contributed by atoms with Gasteiger partial charge >= 0.3 is 0 Å². The lowest BCUT2D eigenvalue weighted by atomic mass is 9.85. The maximum atomic E-state index is 5.18. The van der Waals surface area contributed by atoms with Crippen molar-refractivity contribution in [2.24, 2.45) is 16.8 Å². The van der Waals surface area contributed by atoms with Crippen molar-refractivity contribution >= 4 is 29.9 Å². The summed E-state index contributed by atoms with van der Waals surface area (Å²) in [4.78, 5) is 6.97. The third-order valence-corrected chi connectivity index (χ3v) is 6.18. The van der Waals surface area contributed by atoms with Crippen LogP contribution in [0.4, 0.5) is 0 Å². The molecule has 146 valence electrons. The maximum Gasteiger partial charge on any atom is 0.191 e. The Balaban J connectivity index is 0.00000225. The van der Waals surface area contributed by atoms with Gasteiger partial charge in [0, 0.05) is 45.9 Å². The van der Waals surface area contributed by atoms with Crippen LogP contribution in [0.5, 0.6) is 0 Å². The normalized spacial score (nSPS) is 29.1. The molecule has 3 fully saturated rings. The van der Waals surface area contributed by atoms with Gasteiger partial charge in [-0.3, -0.25) is 4.99 Å². The topological polar surface area (TPSA) is 48.9 Å². The number of hydrogen-bond acceptors (Lipinski definition) is 3. The summed E-state index contributed by atoms with van der Waals surface area (Å²) in [6.07, 6.45) is 11.0. The van der Waals surface area contributed by atoms with Crippen molar-refractivity contribution in [3.05, 3.63) is 0 Å². The molecule has 2 aliphatic carbocycles. The van der Waals surface area contributed by atoms with Crippen LogP contribution >= 0.6 is 24.0 Å². The van der Waals surface area contributed by atoms with E-state index in [9.17, 15) is 0 Å². The molecular formula is C19H37IN4O. The zero-order chi connectivity index (χ0) is 16.8. The number of likely N-dealkylation sites (tertiary alicyclic amines) is 1. The van der Waals surface area contributed by atoms with Crippen molar-refractivity contribution in [1.82, 2.24) is 15.5 Å². The van der Waals surface area contributed by atoms with Gasteiger partial charge in [-0.25, -0.2) is 0 Å². The maximum absolute atomic E-state index is 5.18. The summed E-state index contributed by atoms with van der Waals surface area (Å²) in [6.45, 7) is 4.21. The van der Waals surface area contributed by atoms with E-state index in [1.807, 2.05) is 7.05 Å². The number of ether oxygens (including phenoxy) is 1. The lowest BCUT2D eigenvalue weighted by molar-refractivity contribution is 0.128. The monoisotopic (exact) mass is 464 g/mol. The highest BCUT2D eigenvalue weighted by Gasteiger charge is 2.43. The molecule has 0 spiro atoms. The fourth-order valence-corrected chi connectivity index (χ4v) is 4.52. The highest BCUT2D eigenvalue weighted by atomic mass is 127. The molecule has 0 aromatic heterocycles. The van der Waals surface area contributed by atoms with Gasteiger partial charge in [0.05, 0.1) is 6.61 Å². The van der Waals surface area contributed by atoms with E-state index in [0.717, 1.165) is 44.0 Å². The van der Waals surface area contributed by atoms with Crippen LogP contribution in [0.15, 0.2) is 4.99 Å². The minimum Gasteiger partial charge on any atom is -0.383 e. The van der Waals surface area contributed by atoms with Crippen LogP contribution in [-0.2, 0) is 4.74 Å². The van der Waals surface area contributed by atoms with Gasteiger partial charge in [-0.15, -0.1) is 24.0 Å². The average molecular weight is 464 g/mol. The standard InChI is InChI=1S/C19H36N4O.HI/c1-20-19(21-16-8-10-23(11-9-16)12-13-24-2)22-18-14-17(18)15-6-4-3-5-7-15;/h15-18H,3-14H2,1-2H3,(H2,20,21,22);1H. The summed E-state index contributed by atoms with van der Waals surface area (Å²) in [7, 11) is 3.68. The molecule has 0 radical (unpaired) electrons. The van der Waals surface area contributed by atoms with Gasteiger partial charge in [-0.1, -0.05) is 32.1 Å². The van der Waals surface area contributed by atoms with Gasteiger partial charge in [0.25, 0.3) is 0 Å². The number of hydrogen-bond donors (Lipinski definition) is 2. The second kappa shape index (κ2) is 10.9. The number of rotatable bonds is 6. The number of piperidine rings is 1. The van der Waals surface area contributed by atoms with E-state index in [1.165, 1.54) is 51.4 Å². The number of halogens is 1. The average Bonchev–Trinajstić information content (AvgIpc) is 3.40. The molecule has 0 amide bonds. The predicted octanol–water partition coefficient (Wildman–Crippen LogP) is 2.85. The number of aliphatic imine (C=N–C) groups is 1. The van der Waals surface area contributed by atoms with Crippen LogP contribution in [0.2, 0.25) is 0 Å². The van der Waals surface area contributed by atoms with Crippen LogP contribution in [0.25, 0.3) is 0 Å². The minimum atomic E-state index is 0. The molecule has 2 saturated carbocycles. The summed E-state index contributed by atoms with van der Waals surface area (Å²) in [5.41, 5.74) is 0. The molecule has 3 rings (SSSR count). The van der Waals surface area contributed by atoms with Crippen molar-refractivity contribution in [2.75, 3.05) is 40.4 Å². The van der Waals surface area contributed by atoms with E-state index in [2.05, 4.69) is 20.5 Å². The zero-order valence-corrected chi connectivity index (χ0v) is 18.3. The first-order valence-corrected chi connectivity index (χ1v) is 10.0. The van der Waals surface area contributed by atoms with E-state index < -0.39 is 0 Å². The molecule has 2 unspecified atom stereocenters. The first-order valence-electron chi connectivity index (χ1n) is 10.0. The Morgan fingerprint density at radius 1 is 1.08 bits per heavy atom. The highest BCUT2D eigenvalue weighted by molar-refractivity contribution is 14.0. The van der Waals surface area contributed by atoms with E-state index in [-0.39, 0.29) is 24.0 Å². The Morgan fingerprint density at radius 3 is 2.44 bits per heavy atom. The molecule has 25 heavy (non-hydrogen) atoms. The number of guanidine groups is 1. The van der Waals surface area contributed by atoms with Crippen LogP contribution < -0.4 is 10.6 Å². The molecule has 1 aliphatic heterocycles. The van der Waals surface area contributed by atoms with Gasteiger partial charge in [-0.05, 0) is 31.1 Å². The van der Waals surface area contributed by atoms with Crippen molar-refractivity contribution < 1.29 is 4.74 Å². The molecule has 2 N–H and O–H groups in total. The Bertz CT molecular complexity index is 406. The summed E-state index contributed by atoms with van der Waals surface area (Å²) in [6, 6.07) is 1.22. The largest absolute Gasteiger partial charge is 0.383 e. The van der Waals surface area contributed by atoms with Crippen molar-refractivity contribution in [3.8, 4) is 0 Å². The molecule has 0 aromatic carbocycles. The molecule has 5 nitrogen and oxygen atoms in total. The SMILES string of the molecule is CN=C(NC1CCN(CCOC)CC1)NC1CC1C1CCCCC1.I. The molecule has 3 aliphatic rings. The van der Waals surface area contributed by atoms with Gasteiger partial charge in [0.1, 0.15) is 0 Å². The van der Waals surface area contributed by atoms with Gasteiger partial charge < -0.3 is 20.3 Å². The summed E-state index contributed by atoms with van der Waals surface area (Å²) < 4.78 is 5.18. The van der Waals surface area contributed by atoms with E-state index >= 15 is 0 Å². The number of methoxy groups -OCH3 is 1. The third-order valence-electron chi connectivity index (χ3n) is 6.18. The van der Waals surface area contributed by atoms with Crippen molar-refractivity contribution in [3.63, 3.8) is 0 Å². The lowest BCUT2D eigenvalue weighted by Gasteiger charge is -2.33. The molecular weight excluding hydrogens is 427 g/mol. The second-order valence-corrected chi connectivity index (χ2v) is 7.87. The summed E-state index contributed by atoms with van der Waals surface area (Å²) in [5.74, 6) is 2.90. The summed E-state index contributed by atoms with van der Waals surface area (Å²) in [5, 5.41) is 7.34. The summed E-state index contributed by atoms with van der Waals surface area (Å²) >= 11 is 0. The Morgan fingerprint density at radius 2 is 1.80 bits per heavy atom. The van der Waals surface area contributed by atoms with Gasteiger partial charge in [0.2, 0.25) is 0 Å². The van der Waals surface area contributed by atoms with E-state index in [4.69, 9.17) is 4.74 Å². The van der Waals surface area contributed by atoms with Crippen molar-refractivity contribution in [2.45, 2.75) is 63.5 Å². The van der Waals surface area contributed by atoms with E-state index in [0.29, 0.717) is 12.1 Å².